The number of anilines is 1. The van der Waals surface area contributed by atoms with Crippen LogP contribution >= 0.6 is 7.74 Å². The van der Waals surface area contributed by atoms with Gasteiger partial charge >= 0.3 is 7.74 Å². The van der Waals surface area contributed by atoms with Gasteiger partial charge in [-0.1, -0.05) is 18.2 Å². The first-order chi connectivity index (χ1) is 13.5. The first-order valence-corrected chi connectivity index (χ1v) is 11.2. The fourth-order valence-electron chi connectivity index (χ4n) is 2.90. The number of nitro groups is 1. The molecule has 0 saturated carbocycles. The summed E-state index contributed by atoms with van der Waals surface area (Å²) in [5.41, 5.74) is 1.06. The van der Waals surface area contributed by atoms with Crippen molar-refractivity contribution in [1.29, 1.82) is 0 Å². The third-order valence-electron chi connectivity index (χ3n) is 3.77. The second kappa shape index (κ2) is 9.80. The first kappa shape index (κ1) is 23.5. The minimum Gasteiger partial charge on any atom is -0.300 e. The lowest BCUT2D eigenvalue weighted by Gasteiger charge is -2.31. The van der Waals surface area contributed by atoms with Gasteiger partial charge in [-0.05, 0) is 60.6 Å². The Morgan fingerprint density at radius 1 is 1.03 bits per heavy atom. The zero-order valence-electron chi connectivity index (χ0n) is 18.1. The number of hydrogen-bond donors (Lipinski definition) is 0. The van der Waals surface area contributed by atoms with Crippen LogP contribution in [0.25, 0.3) is 0 Å². The smallest absolute Gasteiger partial charge is 0.300 e. The van der Waals surface area contributed by atoms with E-state index in [0.717, 1.165) is 0 Å². The molecule has 0 aliphatic carbocycles. The molecule has 0 N–H and O–H groups in total. The van der Waals surface area contributed by atoms with Gasteiger partial charge in [0, 0.05) is 4.92 Å². The van der Waals surface area contributed by atoms with E-state index in [1.165, 1.54) is 0 Å². The molecule has 1 aromatic carbocycles. The van der Waals surface area contributed by atoms with Gasteiger partial charge in [-0.15, -0.1) is 0 Å². The molecule has 2 unspecified atom stereocenters. The Labute approximate surface area is 172 Å². The summed E-state index contributed by atoms with van der Waals surface area (Å²) < 4.78 is 23.0. The molecule has 162 valence electrons. The minimum atomic E-state index is -3.27. The third-order valence-corrected chi connectivity index (χ3v) is 6.35. The number of rotatable bonds is 9. The summed E-state index contributed by atoms with van der Waals surface area (Å²) in [4.78, 5) is 11.5. The molecule has 1 heterocycles. The van der Waals surface area contributed by atoms with E-state index in [9.17, 15) is 10.1 Å². The van der Waals surface area contributed by atoms with Crippen molar-refractivity contribution in [3.05, 3.63) is 40.4 Å². The van der Waals surface area contributed by atoms with Gasteiger partial charge in [-0.3, -0.25) is 23.7 Å². The largest absolute Gasteiger partial charge is 0.358 e. The Bertz CT molecular complexity index is 749. The molecule has 1 aromatic rings. The van der Waals surface area contributed by atoms with Crippen molar-refractivity contribution in [2.45, 2.75) is 79.0 Å². The van der Waals surface area contributed by atoms with Crippen LogP contribution in [0.2, 0.25) is 0 Å². The number of nitrogens with zero attached hydrogens (tertiary/aromatic N) is 4. The molecule has 0 fully saturated rings. The molecule has 0 spiro atoms. The van der Waals surface area contributed by atoms with Crippen molar-refractivity contribution < 1.29 is 18.5 Å². The Kier molecular flexibility index (Phi) is 7.94. The lowest BCUT2D eigenvalue weighted by molar-refractivity contribution is -0.504. The zero-order chi connectivity index (χ0) is 21.8. The average molecular weight is 426 g/mol. The van der Waals surface area contributed by atoms with Gasteiger partial charge < -0.3 is 0 Å². The molecular formula is C19H31N4O5P. The van der Waals surface area contributed by atoms with E-state index in [0.29, 0.717) is 11.4 Å². The van der Waals surface area contributed by atoms with Gasteiger partial charge in [0.1, 0.15) is 5.71 Å². The van der Waals surface area contributed by atoms with E-state index in [1.54, 1.807) is 11.9 Å². The van der Waals surface area contributed by atoms with Crippen LogP contribution < -0.4 is 5.01 Å². The summed E-state index contributed by atoms with van der Waals surface area (Å²) in [5.74, 6) is 0. The Balaban J connectivity index is 2.64. The molecule has 2 atom stereocenters. The second-order valence-electron chi connectivity index (χ2n) is 7.61. The maximum absolute atomic E-state index is 11.9. The summed E-state index contributed by atoms with van der Waals surface area (Å²) in [7, 11) is -3.27. The van der Waals surface area contributed by atoms with Gasteiger partial charge in [-0.25, -0.2) is 5.01 Å². The maximum atomic E-state index is 11.9. The molecule has 0 saturated heterocycles. The predicted molar refractivity (Wildman–Crippen MR) is 115 cm³/mol. The van der Waals surface area contributed by atoms with Crippen LogP contribution in [-0.2, 0) is 13.6 Å². The van der Waals surface area contributed by atoms with Crippen molar-refractivity contribution in [3.8, 4) is 0 Å². The fraction of sp³-hybridized carbons (Fsp3) is 0.632. The van der Waals surface area contributed by atoms with Gasteiger partial charge in [0.25, 0.3) is 6.04 Å². The predicted octanol–water partition coefficient (Wildman–Crippen LogP) is 5.08. The van der Waals surface area contributed by atoms with Crippen LogP contribution in [0.3, 0.4) is 0 Å². The molecule has 0 amide bonds. The monoisotopic (exact) mass is 426 g/mol. The van der Waals surface area contributed by atoms with Gasteiger partial charge in [0.15, 0.2) is 0 Å². The van der Waals surface area contributed by atoms with E-state index in [1.807, 2.05) is 71.9 Å². The molecule has 0 bridgehead atoms. The molecule has 29 heavy (non-hydrogen) atoms. The van der Waals surface area contributed by atoms with E-state index in [4.69, 9.17) is 18.3 Å². The Morgan fingerprint density at radius 3 is 1.93 bits per heavy atom. The van der Waals surface area contributed by atoms with Gasteiger partial charge in [0.05, 0.1) is 24.0 Å². The number of para-hydroxylation sites is 1. The third kappa shape index (κ3) is 6.09. The normalized spacial score (nSPS) is 19.9. The lowest BCUT2D eigenvalue weighted by Crippen LogP contribution is -2.41. The van der Waals surface area contributed by atoms with E-state index >= 15 is 0 Å². The standard InChI is InChI=1S/C19H31N4O5P/c1-13(2)26-29(27-14(3)4,28-15(5)6)21-19-18(23(24)25)16(7)20-22(19)17-11-9-8-10-12-17/h8-15,18-19H,1-7H3. The second-order valence-corrected chi connectivity index (χ2v) is 9.41. The topological polar surface area (TPSA) is 98.8 Å². The summed E-state index contributed by atoms with van der Waals surface area (Å²) in [6, 6.07) is 8.10. The minimum absolute atomic E-state index is 0.243. The summed E-state index contributed by atoms with van der Waals surface area (Å²) in [5, 5.41) is 17.9. The highest BCUT2D eigenvalue weighted by molar-refractivity contribution is 7.51. The van der Waals surface area contributed by atoms with E-state index in [-0.39, 0.29) is 23.2 Å². The van der Waals surface area contributed by atoms with Crippen LogP contribution in [-0.4, -0.2) is 41.2 Å². The molecule has 1 aliphatic heterocycles. The van der Waals surface area contributed by atoms with Crippen molar-refractivity contribution in [2.24, 2.45) is 9.85 Å². The molecule has 2 rings (SSSR count). The molecule has 0 aromatic heterocycles. The van der Waals surface area contributed by atoms with Crippen LogP contribution in [0, 0.1) is 10.1 Å². The van der Waals surface area contributed by atoms with Crippen molar-refractivity contribution >= 4 is 19.1 Å². The quantitative estimate of drug-likeness (QED) is 0.310. The molecule has 9 nitrogen and oxygen atoms in total. The van der Waals surface area contributed by atoms with Gasteiger partial charge in [-0.2, -0.15) is 9.85 Å². The van der Waals surface area contributed by atoms with Crippen molar-refractivity contribution in [2.75, 3.05) is 5.01 Å². The zero-order valence-corrected chi connectivity index (χ0v) is 18.9. The van der Waals surface area contributed by atoms with Gasteiger partial charge in [0.2, 0.25) is 6.17 Å². The van der Waals surface area contributed by atoms with Crippen molar-refractivity contribution in [3.63, 3.8) is 0 Å². The Morgan fingerprint density at radius 2 is 1.52 bits per heavy atom. The fourth-order valence-corrected chi connectivity index (χ4v) is 5.33. The Hall–Kier alpha value is -1.80. The molecule has 0 radical (unpaired) electrons. The highest BCUT2D eigenvalue weighted by Crippen LogP contribution is 2.57. The SMILES string of the molecule is CC1=NN(c2ccccc2)C(N=P(OC(C)C)(OC(C)C)OC(C)C)C1[N+](=O)[O-]. The number of hydrazone groups is 1. The van der Waals surface area contributed by atoms with Crippen LogP contribution in [0.4, 0.5) is 5.69 Å². The van der Waals surface area contributed by atoms with Crippen LogP contribution in [0.5, 0.6) is 0 Å². The molecule has 1 aliphatic rings. The molecular weight excluding hydrogens is 395 g/mol. The van der Waals surface area contributed by atoms with Crippen LogP contribution in [0.15, 0.2) is 40.2 Å². The van der Waals surface area contributed by atoms with E-state index < -0.39 is 19.9 Å². The summed E-state index contributed by atoms with van der Waals surface area (Å²) in [6.45, 7) is 12.8. The molecule has 10 heteroatoms. The van der Waals surface area contributed by atoms with Crippen LogP contribution in [0.1, 0.15) is 48.5 Å². The lowest BCUT2D eigenvalue weighted by atomic mass is 10.1. The number of benzene rings is 1. The first-order valence-electron chi connectivity index (χ1n) is 9.74. The number of hydrogen-bond acceptors (Lipinski definition) is 8. The van der Waals surface area contributed by atoms with Crippen molar-refractivity contribution in [1.82, 2.24) is 0 Å². The average Bonchev–Trinajstić information content (AvgIpc) is 2.89. The highest BCUT2D eigenvalue weighted by atomic mass is 31.2. The summed E-state index contributed by atoms with van der Waals surface area (Å²) >= 11 is 0. The summed E-state index contributed by atoms with van der Waals surface area (Å²) in [6.07, 6.45) is -1.68. The highest BCUT2D eigenvalue weighted by Gasteiger charge is 2.47. The maximum Gasteiger partial charge on any atom is 0.358 e. The van der Waals surface area contributed by atoms with E-state index in [2.05, 4.69) is 5.10 Å².